The molecule has 4 nitrogen and oxygen atoms in total. The molecule has 1 N–H and O–H groups in total. The second-order valence-electron chi connectivity index (χ2n) is 4.47. The molecular weight excluding hydrogens is 218 g/mol. The molecular formula is C13H15NO3. The van der Waals surface area contributed by atoms with E-state index >= 15 is 0 Å². The Labute approximate surface area is 99.9 Å². The lowest BCUT2D eigenvalue weighted by Gasteiger charge is -2.16. The molecule has 0 radical (unpaired) electrons. The summed E-state index contributed by atoms with van der Waals surface area (Å²) in [5.41, 5.74) is 1.22. The number of carbonyl (C=O) groups is 2. The Morgan fingerprint density at radius 3 is 2.35 bits per heavy atom. The number of aromatic carboxylic acids is 1. The van der Waals surface area contributed by atoms with Crippen LogP contribution in [0, 0.1) is 5.92 Å². The van der Waals surface area contributed by atoms with Gasteiger partial charge in [0, 0.05) is 19.5 Å². The van der Waals surface area contributed by atoms with Crippen LogP contribution in [0.3, 0.4) is 0 Å². The van der Waals surface area contributed by atoms with Gasteiger partial charge in [0.15, 0.2) is 0 Å². The van der Waals surface area contributed by atoms with E-state index < -0.39 is 5.97 Å². The quantitative estimate of drug-likeness (QED) is 0.862. The first-order chi connectivity index (χ1) is 8.08. The Morgan fingerprint density at radius 1 is 1.29 bits per heavy atom. The minimum atomic E-state index is -0.932. The first-order valence-electron chi connectivity index (χ1n) is 5.65. The van der Waals surface area contributed by atoms with Crippen molar-refractivity contribution in [1.82, 2.24) is 4.90 Å². The van der Waals surface area contributed by atoms with Crippen molar-refractivity contribution in [3.63, 3.8) is 0 Å². The molecule has 1 saturated carbocycles. The summed E-state index contributed by atoms with van der Waals surface area (Å²) in [6.45, 7) is 0.537. The van der Waals surface area contributed by atoms with Gasteiger partial charge < -0.3 is 10.0 Å². The number of carboxylic acid groups (broad SMARTS) is 1. The highest BCUT2D eigenvalue weighted by molar-refractivity contribution is 5.87. The monoisotopic (exact) mass is 233 g/mol. The molecule has 4 heteroatoms. The lowest BCUT2D eigenvalue weighted by Crippen LogP contribution is -2.27. The van der Waals surface area contributed by atoms with Crippen LogP contribution in [0.25, 0.3) is 0 Å². The topological polar surface area (TPSA) is 57.6 Å². The number of carbonyl (C=O) groups excluding carboxylic acids is 1. The van der Waals surface area contributed by atoms with E-state index in [0.717, 1.165) is 18.4 Å². The Bertz CT molecular complexity index is 434. The Morgan fingerprint density at radius 2 is 1.88 bits per heavy atom. The highest BCUT2D eigenvalue weighted by Gasteiger charge is 2.31. The molecule has 1 fully saturated rings. The van der Waals surface area contributed by atoms with Crippen molar-refractivity contribution in [2.75, 3.05) is 7.05 Å². The van der Waals surface area contributed by atoms with E-state index in [9.17, 15) is 9.59 Å². The van der Waals surface area contributed by atoms with E-state index in [-0.39, 0.29) is 17.4 Å². The predicted molar refractivity (Wildman–Crippen MR) is 62.6 cm³/mol. The van der Waals surface area contributed by atoms with Gasteiger partial charge >= 0.3 is 5.97 Å². The summed E-state index contributed by atoms with van der Waals surface area (Å²) in [6.07, 6.45) is 2.00. The zero-order valence-corrected chi connectivity index (χ0v) is 9.72. The number of carboxylic acids is 1. The number of hydrogen-bond acceptors (Lipinski definition) is 2. The standard InChI is InChI=1S/C13H15NO3/c1-14(12(15)10-6-7-10)8-9-2-4-11(5-3-9)13(16)17/h2-5,10H,6-8H2,1H3,(H,16,17). The second-order valence-corrected chi connectivity index (χ2v) is 4.47. The molecule has 0 aliphatic heterocycles. The van der Waals surface area contributed by atoms with Gasteiger partial charge in [0.1, 0.15) is 0 Å². The number of nitrogens with zero attached hydrogens (tertiary/aromatic N) is 1. The molecule has 0 atom stereocenters. The third kappa shape index (κ3) is 2.84. The molecule has 90 valence electrons. The summed E-state index contributed by atoms with van der Waals surface area (Å²) in [4.78, 5) is 24.1. The van der Waals surface area contributed by atoms with E-state index in [1.807, 2.05) is 0 Å². The minimum absolute atomic E-state index is 0.187. The van der Waals surface area contributed by atoms with Crippen LogP contribution in [-0.4, -0.2) is 28.9 Å². The van der Waals surface area contributed by atoms with Gasteiger partial charge in [-0.2, -0.15) is 0 Å². The molecule has 0 saturated heterocycles. The van der Waals surface area contributed by atoms with Crippen molar-refractivity contribution in [1.29, 1.82) is 0 Å². The number of amides is 1. The van der Waals surface area contributed by atoms with Gasteiger partial charge in [0.2, 0.25) is 5.91 Å². The van der Waals surface area contributed by atoms with Crippen molar-refractivity contribution >= 4 is 11.9 Å². The summed E-state index contributed by atoms with van der Waals surface area (Å²) in [7, 11) is 1.78. The maximum absolute atomic E-state index is 11.7. The van der Waals surface area contributed by atoms with Crippen LogP contribution in [0.4, 0.5) is 0 Å². The average Bonchev–Trinajstić information content (AvgIpc) is 3.12. The van der Waals surface area contributed by atoms with E-state index in [1.54, 1.807) is 36.2 Å². The molecule has 1 aliphatic carbocycles. The van der Waals surface area contributed by atoms with E-state index in [4.69, 9.17) is 5.11 Å². The first kappa shape index (κ1) is 11.6. The number of hydrogen-bond donors (Lipinski definition) is 1. The van der Waals surface area contributed by atoms with Crippen LogP contribution in [0.5, 0.6) is 0 Å². The van der Waals surface area contributed by atoms with Crippen LogP contribution >= 0.6 is 0 Å². The van der Waals surface area contributed by atoms with Crippen molar-refractivity contribution in [3.05, 3.63) is 35.4 Å². The van der Waals surface area contributed by atoms with Crippen LogP contribution in [0.1, 0.15) is 28.8 Å². The maximum Gasteiger partial charge on any atom is 0.335 e. The van der Waals surface area contributed by atoms with Crippen LogP contribution in [-0.2, 0) is 11.3 Å². The summed E-state index contributed by atoms with van der Waals surface area (Å²) in [5, 5.41) is 8.76. The molecule has 1 aliphatic rings. The molecule has 17 heavy (non-hydrogen) atoms. The fourth-order valence-electron chi connectivity index (χ4n) is 1.75. The third-order valence-electron chi connectivity index (χ3n) is 2.92. The predicted octanol–water partition coefficient (Wildman–Crippen LogP) is 1.75. The van der Waals surface area contributed by atoms with Crippen LogP contribution in [0.2, 0.25) is 0 Å². The van der Waals surface area contributed by atoms with E-state index in [0.29, 0.717) is 6.54 Å². The van der Waals surface area contributed by atoms with Crippen molar-refractivity contribution in [2.45, 2.75) is 19.4 Å². The van der Waals surface area contributed by atoms with E-state index in [2.05, 4.69) is 0 Å². The highest BCUT2D eigenvalue weighted by Crippen LogP contribution is 2.30. The van der Waals surface area contributed by atoms with E-state index in [1.165, 1.54) is 0 Å². The Kier molecular flexibility index (Phi) is 3.13. The summed E-state index contributed by atoms with van der Waals surface area (Å²) in [5.74, 6) is -0.524. The molecule has 0 aromatic heterocycles. The van der Waals surface area contributed by atoms with Gasteiger partial charge in [-0.3, -0.25) is 4.79 Å². The summed E-state index contributed by atoms with van der Waals surface area (Å²) < 4.78 is 0. The summed E-state index contributed by atoms with van der Waals surface area (Å²) >= 11 is 0. The molecule has 0 heterocycles. The SMILES string of the molecule is CN(Cc1ccc(C(=O)O)cc1)C(=O)C1CC1. The first-order valence-corrected chi connectivity index (χ1v) is 5.65. The highest BCUT2D eigenvalue weighted by atomic mass is 16.4. The fourth-order valence-corrected chi connectivity index (χ4v) is 1.75. The lowest BCUT2D eigenvalue weighted by atomic mass is 10.1. The molecule has 0 spiro atoms. The smallest absolute Gasteiger partial charge is 0.335 e. The average molecular weight is 233 g/mol. The summed E-state index contributed by atoms with van der Waals surface area (Å²) in [6, 6.07) is 6.63. The van der Waals surface area contributed by atoms with Gasteiger partial charge in [-0.25, -0.2) is 4.79 Å². The molecule has 0 unspecified atom stereocenters. The van der Waals surface area contributed by atoms with Crippen LogP contribution < -0.4 is 0 Å². The molecule has 1 aromatic rings. The van der Waals surface area contributed by atoms with Crippen molar-refractivity contribution in [3.8, 4) is 0 Å². The van der Waals surface area contributed by atoms with Crippen LogP contribution in [0.15, 0.2) is 24.3 Å². The molecule has 1 amide bonds. The maximum atomic E-state index is 11.7. The van der Waals surface area contributed by atoms with Gasteiger partial charge in [0.25, 0.3) is 0 Å². The minimum Gasteiger partial charge on any atom is -0.478 e. The van der Waals surface area contributed by atoms with Crippen molar-refractivity contribution < 1.29 is 14.7 Å². The zero-order chi connectivity index (χ0) is 12.4. The normalized spacial score (nSPS) is 14.4. The Balaban J connectivity index is 1.98. The van der Waals surface area contributed by atoms with Gasteiger partial charge in [0.05, 0.1) is 5.56 Å². The van der Waals surface area contributed by atoms with Gasteiger partial charge in [-0.05, 0) is 30.5 Å². The fraction of sp³-hybridized carbons (Fsp3) is 0.385. The molecule has 0 bridgehead atoms. The molecule has 2 rings (SSSR count). The lowest BCUT2D eigenvalue weighted by molar-refractivity contribution is -0.131. The van der Waals surface area contributed by atoms with Gasteiger partial charge in [-0.1, -0.05) is 12.1 Å². The number of rotatable bonds is 4. The number of benzene rings is 1. The zero-order valence-electron chi connectivity index (χ0n) is 9.72. The second kappa shape index (κ2) is 4.57. The largest absolute Gasteiger partial charge is 0.478 e. The van der Waals surface area contributed by atoms with Gasteiger partial charge in [-0.15, -0.1) is 0 Å². The Hall–Kier alpha value is -1.84. The third-order valence-corrected chi connectivity index (χ3v) is 2.92. The molecule has 1 aromatic carbocycles. The van der Waals surface area contributed by atoms with Crippen molar-refractivity contribution in [2.24, 2.45) is 5.92 Å².